The molecule has 0 amide bonds. The van der Waals surface area contributed by atoms with E-state index in [1.807, 2.05) is 0 Å². The molecule has 0 bridgehead atoms. The van der Waals surface area contributed by atoms with Crippen LogP contribution in [0.2, 0.25) is 0 Å². The minimum absolute atomic E-state index is 0.00824. The van der Waals surface area contributed by atoms with Gasteiger partial charge >= 0.3 is 0 Å². The summed E-state index contributed by atoms with van der Waals surface area (Å²) in [5, 5.41) is 7.32. The second-order valence-electron chi connectivity index (χ2n) is 3.83. The van der Waals surface area contributed by atoms with E-state index in [4.69, 9.17) is 5.73 Å². The highest BCUT2D eigenvalue weighted by molar-refractivity contribution is 5.19. The van der Waals surface area contributed by atoms with E-state index in [2.05, 4.69) is 10.3 Å². The third-order valence-electron chi connectivity index (χ3n) is 2.51. The average molecular weight is 202 g/mol. The van der Waals surface area contributed by atoms with Crippen LogP contribution in [-0.4, -0.2) is 20.9 Å². The van der Waals surface area contributed by atoms with E-state index in [1.165, 1.54) is 4.68 Å². The van der Waals surface area contributed by atoms with Crippen LogP contribution < -0.4 is 5.73 Å². The zero-order chi connectivity index (χ0) is 10.2. The van der Waals surface area contributed by atoms with Gasteiger partial charge in [0.25, 0.3) is 0 Å². The third kappa shape index (κ3) is 2.00. The molecule has 0 aliphatic heterocycles. The standard InChI is InChI=1S/C8H12F2N4/c9-8(10)2-1-6(3-8)4-14-5-7(11)12-13-14/h5-6H,1-4,11H2. The Hall–Kier alpha value is -1.20. The second-order valence-corrected chi connectivity index (χ2v) is 3.83. The monoisotopic (exact) mass is 202 g/mol. The molecule has 0 radical (unpaired) electrons. The highest BCUT2D eigenvalue weighted by atomic mass is 19.3. The van der Waals surface area contributed by atoms with Gasteiger partial charge in [-0.15, -0.1) is 5.10 Å². The van der Waals surface area contributed by atoms with Gasteiger partial charge in [-0.2, -0.15) is 0 Å². The maximum Gasteiger partial charge on any atom is 0.248 e. The molecule has 4 nitrogen and oxygen atoms in total. The number of nitrogens with zero attached hydrogens (tertiary/aromatic N) is 3. The van der Waals surface area contributed by atoms with Crippen LogP contribution in [0.3, 0.4) is 0 Å². The van der Waals surface area contributed by atoms with Gasteiger partial charge in [0.05, 0.1) is 6.20 Å². The van der Waals surface area contributed by atoms with Crippen molar-refractivity contribution < 1.29 is 8.78 Å². The number of anilines is 1. The fourth-order valence-corrected chi connectivity index (χ4v) is 1.86. The van der Waals surface area contributed by atoms with Gasteiger partial charge in [-0.1, -0.05) is 5.21 Å². The van der Waals surface area contributed by atoms with Gasteiger partial charge in [-0.05, 0) is 12.3 Å². The van der Waals surface area contributed by atoms with Crippen molar-refractivity contribution in [2.45, 2.75) is 31.7 Å². The molecule has 0 saturated heterocycles. The highest BCUT2D eigenvalue weighted by Crippen LogP contribution is 2.39. The Balaban J connectivity index is 1.94. The van der Waals surface area contributed by atoms with Crippen LogP contribution >= 0.6 is 0 Å². The maximum absolute atomic E-state index is 12.8. The summed E-state index contributed by atoms with van der Waals surface area (Å²) in [4.78, 5) is 0. The van der Waals surface area contributed by atoms with Crippen LogP contribution in [0, 0.1) is 5.92 Å². The van der Waals surface area contributed by atoms with Gasteiger partial charge in [-0.3, -0.25) is 4.68 Å². The molecule has 1 aromatic rings. The van der Waals surface area contributed by atoms with E-state index in [-0.39, 0.29) is 18.8 Å². The topological polar surface area (TPSA) is 56.7 Å². The number of rotatable bonds is 2. The first-order valence-electron chi connectivity index (χ1n) is 4.59. The van der Waals surface area contributed by atoms with Gasteiger partial charge in [0.15, 0.2) is 5.82 Å². The van der Waals surface area contributed by atoms with E-state index in [0.29, 0.717) is 18.8 Å². The van der Waals surface area contributed by atoms with Crippen LogP contribution in [0.1, 0.15) is 19.3 Å². The molecular weight excluding hydrogens is 190 g/mol. The summed E-state index contributed by atoms with van der Waals surface area (Å²) < 4.78 is 27.2. The summed E-state index contributed by atoms with van der Waals surface area (Å²) >= 11 is 0. The molecule has 1 atom stereocenters. The van der Waals surface area contributed by atoms with Gasteiger partial charge in [0.1, 0.15) is 0 Å². The quantitative estimate of drug-likeness (QED) is 0.786. The molecule has 6 heteroatoms. The van der Waals surface area contributed by atoms with Gasteiger partial charge < -0.3 is 5.73 Å². The Morgan fingerprint density at radius 1 is 1.64 bits per heavy atom. The van der Waals surface area contributed by atoms with E-state index >= 15 is 0 Å². The summed E-state index contributed by atoms with van der Waals surface area (Å²) in [6.07, 6.45) is 2.05. The molecule has 14 heavy (non-hydrogen) atoms. The zero-order valence-electron chi connectivity index (χ0n) is 7.66. The number of nitrogen functional groups attached to an aromatic ring is 1. The first-order chi connectivity index (χ1) is 6.55. The smallest absolute Gasteiger partial charge is 0.248 e. The van der Waals surface area contributed by atoms with Crippen molar-refractivity contribution in [3.05, 3.63) is 6.20 Å². The van der Waals surface area contributed by atoms with Gasteiger partial charge in [0, 0.05) is 19.4 Å². The lowest BCUT2D eigenvalue weighted by atomic mass is 10.1. The Labute approximate surface area is 80.1 Å². The summed E-state index contributed by atoms with van der Waals surface area (Å²) in [6.45, 7) is 0.486. The lowest BCUT2D eigenvalue weighted by Crippen LogP contribution is -2.13. The predicted octanol–water partition coefficient (Wildman–Crippen LogP) is 1.30. The van der Waals surface area contributed by atoms with Crippen molar-refractivity contribution in [1.29, 1.82) is 0 Å². The number of alkyl halides is 2. The summed E-state index contributed by atoms with van der Waals surface area (Å²) in [5.74, 6) is -2.17. The van der Waals surface area contributed by atoms with Crippen LogP contribution in [0.25, 0.3) is 0 Å². The van der Waals surface area contributed by atoms with Crippen LogP contribution in [0.4, 0.5) is 14.6 Å². The molecular formula is C8H12F2N4. The Kier molecular flexibility index (Phi) is 2.13. The van der Waals surface area contributed by atoms with Crippen molar-refractivity contribution in [2.24, 2.45) is 5.92 Å². The largest absolute Gasteiger partial charge is 0.381 e. The average Bonchev–Trinajstić information content (AvgIpc) is 2.59. The molecule has 1 saturated carbocycles. The van der Waals surface area contributed by atoms with E-state index in [0.717, 1.165) is 0 Å². The van der Waals surface area contributed by atoms with E-state index in [9.17, 15) is 8.78 Å². The summed E-state index contributed by atoms with van der Waals surface area (Å²) in [5.41, 5.74) is 5.36. The number of halogens is 2. The fraction of sp³-hybridized carbons (Fsp3) is 0.750. The molecule has 2 N–H and O–H groups in total. The zero-order valence-corrected chi connectivity index (χ0v) is 7.66. The third-order valence-corrected chi connectivity index (χ3v) is 2.51. The van der Waals surface area contributed by atoms with Crippen molar-refractivity contribution in [2.75, 3.05) is 5.73 Å². The normalized spacial score (nSPS) is 25.4. The molecule has 2 rings (SSSR count). The SMILES string of the molecule is Nc1cn(CC2CCC(F)(F)C2)nn1. The molecule has 78 valence electrons. The maximum atomic E-state index is 12.8. The number of hydrogen-bond acceptors (Lipinski definition) is 3. The Morgan fingerprint density at radius 3 is 2.93 bits per heavy atom. The van der Waals surface area contributed by atoms with Crippen molar-refractivity contribution >= 4 is 5.82 Å². The lowest BCUT2D eigenvalue weighted by Gasteiger charge is -2.09. The molecule has 1 aliphatic rings. The minimum Gasteiger partial charge on any atom is -0.381 e. The van der Waals surface area contributed by atoms with Crippen LogP contribution in [0.5, 0.6) is 0 Å². The van der Waals surface area contributed by atoms with Gasteiger partial charge in [0.2, 0.25) is 5.92 Å². The van der Waals surface area contributed by atoms with Gasteiger partial charge in [-0.25, -0.2) is 8.78 Å². The number of nitrogens with two attached hydrogens (primary N) is 1. The van der Waals surface area contributed by atoms with Crippen molar-refractivity contribution in [1.82, 2.24) is 15.0 Å². The number of aromatic nitrogens is 3. The van der Waals surface area contributed by atoms with E-state index < -0.39 is 5.92 Å². The molecule has 1 fully saturated rings. The van der Waals surface area contributed by atoms with Crippen molar-refractivity contribution in [3.8, 4) is 0 Å². The van der Waals surface area contributed by atoms with Crippen LogP contribution in [-0.2, 0) is 6.54 Å². The van der Waals surface area contributed by atoms with Crippen molar-refractivity contribution in [3.63, 3.8) is 0 Å². The molecule has 1 aliphatic carbocycles. The number of hydrogen-bond donors (Lipinski definition) is 1. The first-order valence-corrected chi connectivity index (χ1v) is 4.59. The Bertz CT molecular complexity index is 323. The highest BCUT2D eigenvalue weighted by Gasteiger charge is 2.39. The first kappa shape index (κ1) is 9.36. The van der Waals surface area contributed by atoms with E-state index in [1.54, 1.807) is 6.20 Å². The molecule has 0 spiro atoms. The minimum atomic E-state index is -2.49. The lowest BCUT2D eigenvalue weighted by molar-refractivity contribution is 0.00420. The molecule has 1 unspecified atom stereocenters. The molecule has 0 aromatic carbocycles. The summed E-state index contributed by atoms with van der Waals surface area (Å²) in [6, 6.07) is 0. The molecule has 1 heterocycles. The van der Waals surface area contributed by atoms with Crippen LogP contribution in [0.15, 0.2) is 6.20 Å². The summed E-state index contributed by atoms with van der Waals surface area (Å²) in [7, 11) is 0. The fourth-order valence-electron chi connectivity index (χ4n) is 1.86. The Morgan fingerprint density at radius 2 is 2.43 bits per heavy atom. The predicted molar refractivity (Wildman–Crippen MR) is 46.7 cm³/mol. The second kappa shape index (κ2) is 3.18. The molecule has 1 aromatic heterocycles.